The minimum atomic E-state index is -0.864. The maximum atomic E-state index is 11.4. The van der Waals surface area contributed by atoms with Crippen molar-refractivity contribution in [2.24, 2.45) is 5.41 Å². The van der Waals surface area contributed by atoms with Crippen LogP contribution in [0.4, 0.5) is 10.5 Å². The molecular formula is C16H24N2O3. The van der Waals surface area contributed by atoms with E-state index in [1.807, 2.05) is 12.1 Å². The number of anilines is 1. The molecule has 1 aromatic rings. The summed E-state index contributed by atoms with van der Waals surface area (Å²) >= 11 is 0. The first-order valence-electron chi connectivity index (χ1n) is 7.18. The van der Waals surface area contributed by atoms with Crippen LogP contribution in [-0.2, 0) is 6.42 Å². The molecule has 1 aliphatic rings. The lowest BCUT2D eigenvalue weighted by atomic mass is 9.75. The molecule has 1 aliphatic heterocycles. The quantitative estimate of drug-likeness (QED) is 0.780. The molecule has 0 saturated carbocycles. The van der Waals surface area contributed by atoms with E-state index in [-0.39, 0.29) is 11.3 Å². The van der Waals surface area contributed by atoms with Gasteiger partial charge in [0, 0.05) is 19.0 Å². The average molecular weight is 292 g/mol. The predicted octanol–water partition coefficient (Wildman–Crippen LogP) is 2.94. The third-order valence-corrected chi connectivity index (χ3v) is 4.24. The number of nitrogens with two attached hydrogens (primary N) is 1. The Balaban J connectivity index is 2.53. The van der Waals surface area contributed by atoms with E-state index in [9.17, 15) is 9.90 Å². The number of methoxy groups -OCH3 is 1. The topological polar surface area (TPSA) is 75.8 Å². The SMILES string of the molecule is COc1cc2c(cc1N)CCN(C(=O)O)CC2C(C)(C)C. The molecule has 0 fully saturated rings. The molecular weight excluding hydrogens is 268 g/mol. The Bertz CT molecular complexity index is 549. The molecule has 3 N–H and O–H groups in total. The molecule has 1 atom stereocenters. The molecule has 1 unspecified atom stereocenters. The van der Waals surface area contributed by atoms with E-state index in [1.165, 1.54) is 4.90 Å². The summed E-state index contributed by atoms with van der Waals surface area (Å²) < 4.78 is 5.33. The predicted molar refractivity (Wildman–Crippen MR) is 82.9 cm³/mol. The lowest BCUT2D eigenvalue weighted by Gasteiger charge is -2.33. The number of amides is 1. The van der Waals surface area contributed by atoms with Gasteiger partial charge in [0.1, 0.15) is 5.75 Å². The molecule has 1 heterocycles. The van der Waals surface area contributed by atoms with E-state index in [0.29, 0.717) is 30.9 Å². The van der Waals surface area contributed by atoms with Crippen molar-refractivity contribution in [2.75, 3.05) is 25.9 Å². The van der Waals surface area contributed by atoms with Crippen LogP contribution in [0.3, 0.4) is 0 Å². The number of carbonyl (C=O) groups is 1. The van der Waals surface area contributed by atoms with Crippen molar-refractivity contribution in [3.8, 4) is 5.75 Å². The molecule has 0 bridgehead atoms. The van der Waals surface area contributed by atoms with E-state index < -0.39 is 6.09 Å². The molecule has 0 aliphatic carbocycles. The van der Waals surface area contributed by atoms with Gasteiger partial charge in [-0.1, -0.05) is 20.8 Å². The van der Waals surface area contributed by atoms with Gasteiger partial charge in [0.2, 0.25) is 0 Å². The van der Waals surface area contributed by atoms with Crippen LogP contribution >= 0.6 is 0 Å². The van der Waals surface area contributed by atoms with Gasteiger partial charge < -0.3 is 20.5 Å². The number of benzene rings is 1. The summed E-state index contributed by atoms with van der Waals surface area (Å²) in [5.41, 5.74) is 8.83. The lowest BCUT2D eigenvalue weighted by Crippen LogP contribution is -2.36. The first-order valence-corrected chi connectivity index (χ1v) is 7.18. The largest absolute Gasteiger partial charge is 0.495 e. The Labute approximate surface area is 125 Å². The lowest BCUT2D eigenvalue weighted by molar-refractivity contribution is 0.135. The second-order valence-electron chi connectivity index (χ2n) is 6.69. The van der Waals surface area contributed by atoms with Gasteiger partial charge in [-0.15, -0.1) is 0 Å². The van der Waals surface area contributed by atoms with Gasteiger partial charge in [0.05, 0.1) is 12.8 Å². The molecule has 0 aromatic heterocycles. The van der Waals surface area contributed by atoms with Crippen LogP contribution in [0.5, 0.6) is 5.75 Å². The third-order valence-electron chi connectivity index (χ3n) is 4.24. The highest BCUT2D eigenvalue weighted by atomic mass is 16.5. The normalized spacial score (nSPS) is 18.9. The van der Waals surface area contributed by atoms with E-state index in [1.54, 1.807) is 7.11 Å². The molecule has 5 nitrogen and oxygen atoms in total. The Kier molecular flexibility index (Phi) is 4.03. The highest BCUT2D eigenvalue weighted by molar-refractivity contribution is 5.66. The van der Waals surface area contributed by atoms with Crippen molar-refractivity contribution in [3.05, 3.63) is 23.3 Å². The summed E-state index contributed by atoms with van der Waals surface area (Å²) in [7, 11) is 1.60. The zero-order valence-electron chi connectivity index (χ0n) is 13.1. The van der Waals surface area contributed by atoms with Gasteiger partial charge in [0.15, 0.2) is 0 Å². The number of nitrogens with zero attached hydrogens (tertiary/aromatic N) is 1. The smallest absolute Gasteiger partial charge is 0.407 e. The molecule has 116 valence electrons. The fourth-order valence-electron chi connectivity index (χ4n) is 2.96. The van der Waals surface area contributed by atoms with Crippen LogP contribution in [0.15, 0.2) is 12.1 Å². The number of fused-ring (bicyclic) bond motifs is 1. The van der Waals surface area contributed by atoms with Crippen LogP contribution in [0.2, 0.25) is 0 Å². The van der Waals surface area contributed by atoms with Crippen molar-refractivity contribution < 1.29 is 14.6 Å². The van der Waals surface area contributed by atoms with Crippen molar-refractivity contribution in [1.29, 1.82) is 0 Å². The molecule has 0 spiro atoms. The maximum absolute atomic E-state index is 11.4. The van der Waals surface area contributed by atoms with Crippen molar-refractivity contribution in [1.82, 2.24) is 4.90 Å². The highest BCUT2D eigenvalue weighted by Crippen LogP contribution is 2.41. The zero-order valence-corrected chi connectivity index (χ0v) is 13.1. The second kappa shape index (κ2) is 5.47. The summed E-state index contributed by atoms with van der Waals surface area (Å²) in [5, 5.41) is 9.36. The monoisotopic (exact) mass is 292 g/mol. The highest BCUT2D eigenvalue weighted by Gasteiger charge is 2.34. The van der Waals surface area contributed by atoms with Gasteiger partial charge in [-0.2, -0.15) is 0 Å². The second-order valence-corrected chi connectivity index (χ2v) is 6.69. The average Bonchev–Trinajstić information content (AvgIpc) is 2.56. The molecule has 0 radical (unpaired) electrons. The minimum Gasteiger partial charge on any atom is -0.495 e. The van der Waals surface area contributed by atoms with E-state index in [4.69, 9.17) is 10.5 Å². The van der Waals surface area contributed by atoms with Crippen LogP contribution in [0, 0.1) is 5.41 Å². The summed E-state index contributed by atoms with van der Waals surface area (Å²) in [4.78, 5) is 12.9. The fraction of sp³-hybridized carbons (Fsp3) is 0.562. The van der Waals surface area contributed by atoms with Crippen LogP contribution in [0.25, 0.3) is 0 Å². The maximum Gasteiger partial charge on any atom is 0.407 e. The van der Waals surface area contributed by atoms with Crippen LogP contribution in [0.1, 0.15) is 37.8 Å². The number of carboxylic acid groups (broad SMARTS) is 1. The molecule has 1 aromatic carbocycles. The van der Waals surface area contributed by atoms with Gasteiger partial charge >= 0.3 is 6.09 Å². The Morgan fingerprint density at radius 1 is 1.43 bits per heavy atom. The van der Waals surface area contributed by atoms with Gasteiger partial charge in [-0.25, -0.2) is 4.79 Å². The minimum absolute atomic E-state index is 0.0477. The van der Waals surface area contributed by atoms with Crippen molar-refractivity contribution in [2.45, 2.75) is 33.1 Å². The Morgan fingerprint density at radius 3 is 2.62 bits per heavy atom. The number of nitrogen functional groups attached to an aromatic ring is 1. The standard InChI is InChI=1S/C16H24N2O3/c1-16(2,3)12-9-18(15(19)20)6-5-10-7-13(17)14(21-4)8-11(10)12/h7-8,12H,5-6,9,17H2,1-4H3,(H,19,20). The first kappa shape index (κ1) is 15.5. The Hall–Kier alpha value is -1.91. The zero-order chi connectivity index (χ0) is 15.8. The summed E-state index contributed by atoms with van der Waals surface area (Å²) in [5.74, 6) is 0.771. The number of rotatable bonds is 1. The first-order chi connectivity index (χ1) is 9.74. The van der Waals surface area contributed by atoms with Crippen LogP contribution < -0.4 is 10.5 Å². The summed E-state index contributed by atoms with van der Waals surface area (Å²) in [6.07, 6.45) is -0.181. The van der Waals surface area contributed by atoms with E-state index in [0.717, 1.165) is 11.1 Å². The number of hydrogen-bond acceptors (Lipinski definition) is 3. The number of hydrogen-bond donors (Lipinski definition) is 2. The molecule has 2 rings (SSSR count). The van der Waals surface area contributed by atoms with E-state index in [2.05, 4.69) is 20.8 Å². The molecule has 1 amide bonds. The van der Waals surface area contributed by atoms with Crippen LogP contribution in [-0.4, -0.2) is 36.3 Å². The Morgan fingerprint density at radius 2 is 2.10 bits per heavy atom. The summed E-state index contributed by atoms with van der Waals surface area (Å²) in [6.45, 7) is 7.40. The fourth-order valence-corrected chi connectivity index (χ4v) is 2.96. The van der Waals surface area contributed by atoms with Gasteiger partial charge in [-0.05, 0) is 35.1 Å². The molecule has 0 saturated heterocycles. The number of ether oxygens (including phenoxy) is 1. The molecule has 5 heteroatoms. The van der Waals surface area contributed by atoms with Gasteiger partial charge in [-0.3, -0.25) is 0 Å². The third kappa shape index (κ3) is 3.06. The van der Waals surface area contributed by atoms with Gasteiger partial charge in [0.25, 0.3) is 0 Å². The van der Waals surface area contributed by atoms with E-state index >= 15 is 0 Å². The summed E-state index contributed by atoms with van der Waals surface area (Å²) in [6, 6.07) is 3.91. The van der Waals surface area contributed by atoms with Crippen molar-refractivity contribution >= 4 is 11.8 Å². The van der Waals surface area contributed by atoms with Crippen molar-refractivity contribution in [3.63, 3.8) is 0 Å². The molecule has 21 heavy (non-hydrogen) atoms.